The standard InChI is InChI=1S/C27H29FN2O4/c1-32-26-13-7-9-20(27(26)33-2)21(22-16-30-24-11-5-3-8-19(22)24)15-29-14-18(31)17-34-25-12-6-4-10-23(25)28/h3-13,16,18,21,29-31H,14-15,17H2,1-2H3/t18-,21-/m0/s1. The smallest absolute Gasteiger partial charge is 0.165 e. The van der Waals surface area contributed by atoms with Gasteiger partial charge in [0.1, 0.15) is 12.7 Å². The van der Waals surface area contributed by atoms with Gasteiger partial charge in [0, 0.05) is 41.7 Å². The number of hydrogen-bond donors (Lipinski definition) is 3. The summed E-state index contributed by atoms with van der Waals surface area (Å²) in [5.74, 6) is 0.918. The molecular formula is C27H29FN2O4. The van der Waals surface area contributed by atoms with Gasteiger partial charge in [-0.25, -0.2) is 4.39 Å². The number of aliphatic hydroxyl groups is 1. The molecule has 0 saturated carbocycles. The molecule has 0 bridgehead atoms. The Bertz CT molecular complexity index is 1230. The number of benzene rings is 3. The number of nitrogens with one attached hydrogen (secondary N) is 2. The summed E-state index contributed by atoms with van der Waals surface area (Å²) in [5.41, 5.74) is 3.12. The van der Waals surface area contributed by atoms with Crippen LogP contribution in [-0.2, 0) is 0 Å². The van der Waals surface area contributed by atoms with Crippen molar-refractivity contribution >= 4 is 10.9 Å². The fraction of sp³-hybridized carbons (Fsp3) is 0.259. The van der Waals surface area contributed by atoms with Gasteiger partial charge in [-0.3, -0.25) is 0 Å². The Balaban J connectivity index is 1.52. The molecule has 3 N–H and O–H groups in total. The lowest BCUT2D eigenvalue weighted by molar-refractivity contribution is 0.104. The lowest BCUT2D eigenvalue weighted by atomic mass is 9.89. The molecule has 0 saturated heterocycles. The van der Waals surface area contributed by atoms with Gasteiger partial charge in [-0.1, -0.05) is 42.5 Å². The van der Waals surface area contributed by atoms with Gasteiger partial charge in [0.15, 0.2) is 23.1 Å². The Labute approximate surface area is 198 Å². The van der Waals surface area contributed by atoms with Crippen LogP contribution >= 0.6 is 0 Å². The first-order valence-electron chi connectivity index (χ1n) is 11.1. The number of fused-ring (bicyclic) bond motifs is 1. The van der Waals surface area contributed by atoms with Gasteiger partial charge in [0.05, 0.1) is 14.2 Å². The average Bonchev–Trinajstić information content (AvgIpc) is 3.29. The van der Waals surface area contributed by atoms with E-state index >= 15 is 0 Å². The van der Waals surface area contributed by atoms with Crippen LogP contribution < -0.4 is 19.5 Å². The van der Waals surface area contributed by atoms with E-state index in [0.29, 0.717) is 18.0 Å². The largest absolute Gasteiger partial charge is 0.493 e. The van der Waals surface area contributed by atoms with Crippen molar-refractivity contribution in [1.82, 2.24) is 10.3 Å². The Morgan fingerprint density at radius 1 is 0.882 bits per heavy atom. The second-order valence-corrected chi connectivity index (χ2v) is 7.98. The molecule has 6 nitrogen and oxygen atoms in total. The first kappa shape index (κ1) is 23.6. The van der Waals surface area contributed by atoms with Crippen LogP contribution in [0.1, 0.15) is 17.0 Å². The number of para-hydroxylation sites is 3. The molecule has 34 heavy (non-hydrogen) atoms. The highest BCUT2D eigenvalue weighted by Crippen LogP contribution is 2.40. The molecule has 0 radical (unpaired) electrons. The van der Waals surface area contributed by atoms with E-state index < -0.39 is 11.9 Å². The maximum atomic E-state index is 13.8. The third kappa shape index (κ3) is 5.16. The predicted molar refractivity (Wildman–Crippen MR) is 130 cm³/mol. The maximum Gasteiger partial charge on any atom is 0.165 e. The second kappa shape index (κ2) is 11.0. The molecule has 4 rings (SSSR count). The molecule has 0 aliphatic heterocycles. The molecular weight excluding hydrogens is 435 g/mol. The molecule has 7 heteroatoms. The van der Waals surface area contributed by atoms with Crippen LogP contribution in [0.3, 0.4) is 0 Å². The Kier molecular flexibility index (Phi) is 7.67. The van der Waals surface area contributed by atoms with Crippen molar-refractivity contribution in [1.29, 1.82) is 0 Å². The van der Waals surface area contributed by atoms with Crippen LogP contribution in [0.4, 0.5) is 4.39 Å². The number of aromatic amines is 1. The van der Waals surface area contributed by atoms with E-state index in [-0.39, 0.29) is 24.8 Å². The van der Waals surface area contributed by atoms with Gasteiger partial charge in [-0.2, -0.15) is 0 Å². The topological polar surface area (TPSA) is 75.7 Å². The summed E-state index contributed by atoms with van der Waals surface area (Å²) in [5, 5.41) is 14.9. The van der Waals surface area contributed by atoms with Crippen LogP contribution in [0.15, 0.2) is 72.9 Å². The molecule has 0 fully saturated rings. The lowest BCUT2D eigenvalue weighted by Gasteiger charge is -2.23. The Hall–Kier alpha value is -3.55. The summed E-state index contributed by atoms with van der Waals surface area (Å²) in [6, 6.07) is 20.1. The molecule has 0 aliphatic rings. The molecule has 0 spiro atoms. The van der Waals surface area contributed by atoms with Crippen LogP contribution in [0, 0.1) is 5.82 Å². The molecule has 1 heterocycles. The van der Waals surface area contributed by atoms with E-state index in [1.165, 1.54) is 12.1 Å². The second-order valence-electron chi connectivity index (χ2n) is 7.98. The molecule has 4 aromatic rings. The number of methoxy groups -OCH3 is 2. The third-order valence-electron chi connectivity index (χ3n) is 5.80. The van der Waals surface area contributed by atoms with E-state index in [2.05, 4.69) is 16.4 Å². The summed E-state index contributed by atoms with van der Waals surface area (Å²) in [6.45, 7) is 0.788. The molecule has 2 atom stereocenters. The van der Waals surface area contributed by atoms with Gasteiger partial charge in [-0.05, 0) is 29.8 Å². The van der Waals surface area contributed by atoms with Crippen molar-refractivity contribution in [3.63, 3.8) is 0 Å². The number of aromatic nitrogens is 1. The lowest BCUT2D eigenvalue weighted by Crippen LogP contribution is -2.34. The molecule has 0 unspecified atom stereocenters. The highest BCUT2D eigenvalue weighted by atomic mass is 19.1. The highest BCUT2D eigenvalue weighted by Gasteiger charge is 2.23. The summed E-state index contributed by atoms with van der Waals surface area (Å²) in [4.78, 5) is 3.34. The summed E-state index contributed by atoms with van der Waals surface area (Å²) >= 11 is 0. The zero-order valence-electron chi connectivity index (χ0n) is 19.3. The quantitative estimate of drug-likeness (QED) is 0.305. The summed E-state index contributed by atoms with van der Waals surface area (Å²) in [7, 11) is 3.25. The SMILES string of the molecule is COc1cccc([C@H](CNC[C@H](O)COc2ccccc2F)c2c[nH]c3ccccc23)c1OC. The first-order chi connectivity index (χ1) is 16.6. The van der Waals surface area contributed by atoms with E-state index in [1.54, 1.807) is 26.4 Å². The number of hydrogen-bond acceptors (Lipinski definition) is 5. The minimum Gasteiger partial charge on any atom is -0.493 e. The van der Waals surface area contributed by atoms with E-state index in [1.807, 2.05) is 42.6 Å². The zero-order chi connectivity index (χ0) is 23.9. The van der Waals surface area contributed by atoms with E-state index in [0.717, 1.165) is 22.0 Å². The molecule has 1 aromatic heterocycles. The number of rotatable bonds is 11. The van der Waals surface area contributed by atoms with Crippen molar-refractivity contribution < 1.29 is 23.7 Å². The highest BCUT2D eigenvalue weighted by molar-refractivity contribution is 5.84. The van der Waals surface area contributed by atoms with E-state index in [4.69, 9.17) is 14.2 Å². The van der Waals surface area contributed by atoms with Crippen LogP contribution in [0.25, 0.3) is 10.9 Å². The molecule has 0 amide bonds. The third-order valence-corrected chi connectivity index (χ3v) is 5.80. The van der Waals surface area contributed by atoms with Crippen LogP contribution in [0.2, 0.25) is 0 Å². The van der Waals surface area contributed by atoms with Gasteiger partial charge < -0.3 is 29.6 Å². The summed E-state index contributed by atoms with van der Waals surface area (Å²) in [6.07, 6.45) is 1.20. The van der Waals surface area contributed by atoms with Gasteiger partial charge in [-0.15, -0.1) is 0 Å². The monoisotopic (exact) mass is 464 g/mol. The fourth-order valence-corrected chi connectivity index (χ4v) is 4.16. The van der Waals surface area contributed by atoms with Gasteiger partial charge in [0.25, 0.3) is 0 Å². The number of halogens is 1. The van der Waals surface area contributed by atoms with E-state index in [9.17, 15) is 9.50 Å². The molecule has 178 valence electrons. The molecule has 0 aliphatic carbocycles. The van der Waals surface area contributed by atoms with Crippen molar-refractivity contribution in [3.05, 3.63) is 89.9 Å². The zero-order valence-corrected chi connectivity index (χ0v) is 19.3. The normalized spacial score (nSPS) is 12.9. The number of aliphatic hydroxyl groups excluding tert-OH is 1. The van der Waals surface area contributed by atoms with Gasteiger partial charge >= 0.3 is 0 Å². The Morgan fingerprint density at radius 2 is 1.65 bits per heavy atom. The Morgan fingerprint density at radius 3 is 2.44 bits per heavy atom. The van der Waals surface area contributed by atoms with Crippen molar-refractivity contribution in [2.45, 2.75) is 12.0 Å². The maximum absolute atomic E-state index is 13.8. The number of H-pyrrole nitrogens is 1. The fourth-order valence-electron chi connectivity index (χ4n) is 4.16. The van der Waals surface area contributed by atoms with Crippen LogP contribution in [-0.4, -0.2) is 50.1 Å². The first-order valence-corrected chi connectivity index (χ1v) is 11.1. The van der Waals surface area contributed by atoms with Crippen LogP contribution in [0.5, 0.6) is 17.2 Å². The minimum atomic E-state index is -0.810. The van der Waals surface area contributed by atoms with Crippen molar-refractivity contribution in [2.75, 3.05) is 33.9 Å². The molecule has 3 aromatic carbocycles. The summed E-state index contributed by atoms with van der Waals surface area (Å²) < 4.78 is 30.4. The van der Waals surface area contributed by atoms with Gasteiger partial charge in [0.2, 0.25) is 0 Å². The predicted octanol–water partition coefficient (Wildman–Crippen LogP) is 4.49. The minimum absolute atomic E-state index is 0.0197. The van der Waals surface area contributed by atoms with Crippen molar-refractivity contribution in [3.8, 4) is 17.2 Å². The number of ether oxygens (including phenoxy) is 3. The average molecular weight is 465 g/mol. The van der Waals surface area contributed by atoms with Crippen molar-refractivity contribution in [2.24, 2.45) is 0 Å².